The number of nitrogens with zero attached hydrogens (tertiary/aromatic N) is 2. The zero-order chi connectivity index (χ0) is 13.8. The van der Waals surface area contributed by atoms with Gasteiger partial charge < -0.3 is 10.6 Å². The van der Waals surface area contributed by atoms with Crippen molar-refractivity contribution in [2.75, 3.05) is 17.2 Å². The van der Waals surface area contributed by atoms with Gasteiger partial charge in [0.2, 0.25) is 5.95 Å². The van der Waals surface area contributed by atoms with Crippen molar-refractivity contribution in [3.05, 3.63) is 41.6 Å². The molecule has 1 heterocycles. The first-order chi connectivity index (χ1) is 9.10. The maximum atomic E-state index is 13.6. The highest BCUT2D eigenvalue weighted by molar-refractivity contribution is 5.61. The standard InChI is InChI=1S/C13H14F2N4/c1-3-16-13-17-7-10(15)12(19-13)18-11-6-9(14)5-4-8(11)2/h4-7H,3H2,1-2H3,(H2,16,17,18,19). The Morgan fingerprint density at radius 1 is 1.26 bits per heavy atom. The van der Waals surface area contributed by atoms with Crippen LogP contribution < -0.4 is 10.6 Å². The van der Waals surface area contributed by atoms with Gasteiger partial charge >= 0.3 is 0 Å². The predicted octanol–water partition coefficient (Wildman–Crippen LogP) is 3.24. The average molecular weight is 264 g/mol. The second-order valence-corrected chi connectivity index (χ2v) is 4.00. The molecule has 4 nitrogen and oxygen atoms in total. The average Bonchev–Trinajstić information content (AvgIpc) is 2.38. The number of anilines is 3. The van der Waals surface area contributed by atoms with E-state index in [9.17, 15) is 8.78 Å². The quantitative estimate of drug-likeness (QED) is 0.890. The molecule has 0 bridgehead atoms. The summed E-state index contributed by atoms with van der Waals surface area (Å²) in [5.74, 6) is -0.653. The zero-order valence-corrected chi connectivity index (χ0v) is 10.7. The summed E-state index contributed by atoms with van der Waals surface area (Å²) in [6.45, 7) is 4.31. The fourth-order valence-electron chi connectivity index (χ4n) is 1.55. The van der Waals surface area contributed by atoms with Crippen LogP contribution in [0.1, 0.15) is 12.5 Å². The Hall–Kier alpha value is -2.24. The van der Waals surface area contributed by atoms with Crippen molar-refractivity contribution in [1.29, 1.82) is 0 Å². The second-order valence-electron chi connectivity index (χ2n) is 4.00. The maximum Gasteiger partial charge on any atom is 0.224 e. The molecule has 0 aliphatic carbocycles. The summed E-state index contributed by atoms with van der Waals surface area (Å²) in [5.41, 5.74) is 1.27. The number of nitrogens with one attached hydrogen (secondary N) is 2. The van der Waals surface area contributed by atoms with E-state index in [-0.39, 0.29) is 5.82 Å². The normalized spacial score (nSPS) is 10.3. The van der Waals surface area contributed by atoms with Crippen LogP contribution in [-0.4, -0.2) is 16.5 Å². The van der Waals surface area contributed by atoms with Gasteiger partial charge in [0.1, 0.15) is 5.82 Å². The van der Waals surface area contributed by atoms with Crippen LogP contribution >= 0.6 is 0 Å². The number of hydrogen-bond donors (Lipinski definition) is 2. The van der Waals surface area contributed by atoms with Crippen molar-refractivity contribution in [1.82, 2.24) is 9.97 Å². The van der Waals surface area contributed by atoms with Crippen LogP contribution in [0.3, 0.4) is 0 Å². The Kier molecular flexibility index (Phi) is 3.89. The molecule has 0 radical (unpaired) electrons. The lowest BCUT2D eigenvalue weighted by atomic mass is 10.2. The fraction of sp³-hybridized carbons (Fsp3) is 0.231. The van der Waals surface area contributed by atoms with Gasteiger partial charge in [0.15, 0.2) is 11.6 Å². The van der Waals surface area contributed by atoms with Crippen molar-refractivity contribution in [2.24, 2.45) is 0 Å². The molecule has 1 aromatic heterocycles. The molecular formula is C13H14F2N4. The summed E-state index contributed by atoms with van der Waals surface area (Å²) >= 11 is 0. The summed E-state index contributed by atoms with van der Waals surface area (Å²) in [7, 11) is 0. The molecule has 0 fully saturated rings. The van der Waals surface area contributed by atoms with Gasteiger partial charge in [0.05, 0.1) is 6.20 Å². The third-order valence-corrected chi connectivity index (χ3v) is 2.53. The van der Waals surface area contributed by atoms with Crippen LogP contribution in [-0.2, 0) is 0 Å². The first-order valence-electron chi connectivity index (χ1n) is 5.89. The van der Waals surface area contributed by atoms with Crippen LogP contribution in [0.4, 0.5) is 26.2 Å². The summed E-state index contributed by atoms with van der Waals surface area (Å²) in [4.78, 5) is 7.80. The lowest BCUT2D eigenvalue weighted by Gasteiger charge is -2.10. The van der Waals surface area contributed by atoms with Crippen LogP contribution in [0, 0.1) is 18.6 Å². The molecule has 2 aromatic rings. The van der Waals surface area contributed by atoms with Crippen molar-refractivity contribution < 1.29 is 8.78 Å². The van der Waals surface area contributed by atoms with E-state index in [4.69, 9.17) is 0 Å². The monoisotopic (exact) mass is 264 g/mol. The third-order valence-electron chi connectivity index (χ3n) is 2.53. The van der Waals surface area contributed by atoms with Crippen LogP contribution in [0.2, 0.25) is 0 Å². The topological polar surface area (TPSA) is 49.8 Å². The molecule has 19 heavy (non-hydrogen) atoms. The number of benzene rings is 1. The molecule has 6 heteroatoms. The molecule has 0 saturated heterocycles. The van der Waals surface area contributed by atoms with Gasteiger partial charge in [0.25, 0.3) is 0 Å². The van der Waals surface area contributed by atoms with E-state index in [1.807, 2.05) is 6.92 Å². The molecule has 0 unspecified atom stereocenters. The Morgan fingerprint density at radius 3 is 2.79 bits per heavy atom. The molecule has 0 atom stereocenters. The first kappa shape index (κ1) is 13.2. The predicted molar refractivity (Wildman–Crippen MR) is 70.6 cm³/mol. The van der Waals surface area contributed by atoms with Gasteiger partial charge in [-0.2, -0.15) is 4.98 Å². The van der Waals surface area contributed by atoms with E-state index in [2.05, 4.69) is 20.6 Å². The van der Waals surface area contributed by atoms with Crippen molar-refractivity contribution in [2.45, 2.75) is 13.8 Å². The molecule has 100 valence electrons. The Bertz CT molecular complexity index is 587. The fourth-order valence-corrected chi connectivity index (χ4v) is 1.55. The third kappa shape index (κ3) is 3.15. The van der Waals surface area contributed by atoms with Gasteiger partial charge in [-0.15, -0.1) is 0 Å². The molecule has 0 saturated carbocycles. The van der Waals surface area contributed by atoms with Crippen LogP contribution in [0.5, 0.6) is 0 Å². The van der Waals surface area contributed by atoms with Gasteiger partial charge in [-0.3, -0.25) is 0 Å². The molecule has 0 spiro atoms. The smallest absolute Gasteiger partial charge is 0.224 e. The van der Waals surface area contributed by atoms with E-state index in [1.165, 1.54) is 12.1 Å². The van der Waals surface area contributed by atoms with E-state index < -0.39 is 11.6 Å². The summed E-state index contributed by atoms with van der Waals surface area (Å²) < 4.78 is 26.8. The maximum absolute atomic E-state index is 13.6. The number of hydrogen-bond acceptors (Lipinski definition) is 4. The highest BCUT2D eigenvalue weighted by atomic mass is 19.1. The van der Waals surface area contributed by atoms with Crippen LogP contribution in [0.15, 0.2) is 24.4 Å². The Labute approximate surface area is 109 Å². The number of aryl methyl sites for hydroxylation is 1. The van der Waals surface area contributed by atoms with Gasteiger partial charge in [-0.05, 0) is 31.5 Å². The van der Waals surface area contributed by atoms with Crippen LogP contribution in [0.25, 0.3) is 0 Å². The highest BCUT2D eigenvalue weighted by Crippen LogP contribution is 2.22. The number of aromatic nitrogens is 2. The van der Waals surface area contributed by atoms with Crippen molar-refractivity contribution in [3.8, 4) is 0 Å². The molecule has 2 N–H and O–H groups in total. The summed E-state index contributed by atoms with van der Waals surface area (Å²) in [6, 6.07) is 4.26. The minimum Gasteiger partial charge on any atom is -0.354 e. The first-order valence-corrected chi connectivity index (χ1v) is 5.89. The molecule has 0 aliphatic heterocycles. The Morgan fingerprint density at radius 2 is 2.05 bits per heavy atom. The minimum absolute atomic E-state index is 0.0136. The van der Waals surface area contributed by atoms with Gasteiger partial charge in [-0.25, -0.2) is 13.8 Å². The van der Waals surface area contributed by atoms with E-state index in [0.717, 1.165) is 11.8 Å². The Balaban J connectivity index is 2.31. The molecule has 2 rings (SSSR count). The van der Waals surface area contributed by atoms with Crippen molar-refractivity contribution in [3.63, 3.8) is 0 Å². The lowest BCUT2D eigenvalue weighted by molar-refractivity contribution is 0.618. The van der Waals surface area contributed by atoms with Gasteiger partial charge in [-0.1, -0.05) is 6.07 Å². The van der Waals surface area contributed by atoms with E-state index in [0.29, 0.717) is 18.2 Å². The molecule has 1 aromatic carbocycles. The summed E-state index contributed by atoms with van der Waals surface area (Å²) in [5, 5.41) is 5.66. The highest BCUT2D eigenvalue weighted by Gasteiger charge is 2.09. The minimum atomic E-state index is -0.592. The zero-order valence-electron chi connectivity index (χ0n) is 10.7. The number of halogens is 2. The molecule has 0 amide bonds. The molecule has 0 aliphatic rings. The summed E-state index contributed by atoms with van der Waals surface area (Å²) in [6.07, 6.45) is 1.07. The largest absolute Gasteiger partial charge is 0.354 e. The molecular weight excluding hydrogens is 250 g/mol. The second kappa shape index (κ2) is 5.60. The SMILES string of the molecule is CCNc1ncc(F)c(Nc2cc(F)ccc2C)n1. The number of rotatable bonds is 4. The van der Waals surface area contributed by atoms with E-state index >= 15 is 0 Å². The van der Waals surface area contributed by atoms with Crippen molar-refractivity contribution >= 4 is 17.5 Å². The lowest BCUT2D eigenvalue weighted by Crippen LogP contribution is -2.06. The van der Waals surface area contributed by atoms with E-state index in [1.54, 1.807) is 13.0 Å². The van der Waals surface area contributed by atoms with Gasteiger partial charge in [0, 0.05) is 12.2 Å².